The second-order valence-electron chi connectivity index (χ2n) is 4.04. The molecule has 15 heavy (non-hydrogen) atoms. The summed E-state index contributed by atoms with van der Waals surface area (Å²) in [5.74, 6) is 0. The van der Waals surface area contributed by atoms with Crippen LogP contribution in [0.4, 0.5) is 0 Å². The number of ether oxygens (including phenoxy) is 1. The third-order valence-corrected chi connectivity index (χ3v) is 2.46. The van der Waals surface area contributed by atoms with Gasteiger partial charge in [0.2, 0.25) is 6.33 Å². The molecule has 3 nitrogen and oxygen atoms in total. The van der Waals surface area contributed by atoms with Gasteiger partial charge < -0.3 is 4.74 Å². The summed E-state index contributed by atoms with van der Waals surface area (Å²) in [5, 5.41) is 0. The molecule has 1 rings (SSSR count). The molecule has 0 N–H and O–H groups in total. The highest BCUT2D eigenvalue weighted by Crippen LogP contribution is 2.01. The fourth-order valence-electron chi connectivity index (χ4n) is 1.56. The Bertz CT molecular complexity index is 258. The third-order valence-electron chi connectivity index (χ3n) is 2.46. The van der Waals surface area contributed by atoms with E-state index in [4.69, 9.17) is 4.74 Å². The number of imidazole rings is 1. The molecule has 1 aromatic rings. The number of hydrogen-bond acceptors (Lipinski definition) is 1. The van der Waals surface area contributed by atoms with Gasteiger partial charge in [-0.3, -0.25) is 0 Å². The van der Waals surface area contributed by atoms with Crippen molar-refractivity contribution in [3.63, 3.8) is 0 Å². The van der Waals surface area contributed by atoms with Gasteiger partial charge >= 0.3 is 0 Å². The van der Waals surface area contributed by atoms with Crippen molar-refractivity contribution in [3.05, 3.63) is 18.7 Å². The molecule has 0 unspecified atom stereocenters. The second-order valence-corrected chi connectivity index (χ2v) is 4.04. The lowest BCUT2D eigenvalue weighted by Gasteiger charge is -2.01. The summed E-state index contributed by atoms with van der Waals surface area (Å²) in [4.78, 5) is 0. The summed E-state index contributed by atoms with van der Waals surface area (Å²) in [7, 11) is 2.02. The van der Waals surface area contributed by atoms with Crippen molar-refractivity contribution >= 4 is 0 Å². The first kappa shape index (κ1) is 12.2. The summed E-state index contributed by atoms with van der Waals surface area (Å²) in [6, 6.07) is 0. The number of nitrogens with zero attached hydrogens (tertiary/aromatic N) is 2. The van der Waals surface area contributed by atoms with Crippen LogP contribution in [-0.2, 0) is 18.5 Å². The Morgan fingerprint density at radius 1 is 1.20 bits per heavy atom. The zero-order valence-corrected chi connectivity index (χ0v) is 9.98. The van der Waals surface area contributed by atoms with Crippen LogP contribution >= 0.6 is 0 Å². The van der Waals surface area contributed by atoms with Crippen LogP contribution in [0.25, 0.3) is 0 Å². The fraction of sp³-hybridized carbons (Fsp3) is 0.750. The molecule has 0 amide bonds. The minimum absolute atomic E-state index is 0.675. The van der Waals surface area contributed by atoms with Gasteiger partial charge in [-0.05, 0) is 6.42 Å². The van der Waals surface area contributed by atoms with E-state index in [0.29, 0.717) is 6.73 Å². The van der Waals surface area contributed by atoms with E-state index in [9.17, 15) is 0 Å². The van der Waals surface area contributed by atoms with Gasteiger partial charge in [-0.2, -0.15) is 0 Å². The van der Waals surface area contributed by atoms with Crippen molar-refractivity contribution in [2.75, 3.05) is 6.61 Å². The van der Waals surface area contributed by atoms with E-state index in [1.165, 1.54) is 32.1 Å². The molecule has 0 aromatic carbocycles. The highest BCUT2D eigenvalue weighted by Gasteiger charge is 1.98. The quantitative estimate of drug-likeness (QED) is 0.476. The zero-order chi connectivity index (χ0) is 10.9. The predicted molar refractivity (Wildman–Crippen MR) is 60.3 cm³/mol. The molecule has 1 aromatic heterocycles. The predicted octanol–water partition coefficient (Wildman–Crippen LogP) is 2.26. The van der Waals surface area contributed by atoms with Crippen LogP contribution in [0.5, 0.6) is 0 Å². The van der Waals surface area contributed by atoms with Crippen LogP contribution < -0.4 is 4.57 Å². The molecule has 1 heterocycles. The Morgan fingerprint density at radius 3 is 2.67 bits per heavy atom. The zero-order valence-electron chi connectivity index (χ0n) is 9.98. The average Bonchev–Trinajstić information content (AvgIpc) is 2.63. The first-order chi connectivity index (χ1) is 7.33. The Balaban J connectivity index is 1.93. The van der Waals surface area contributed by atoms with Crippen LogP contribution in [0, 0.1) is 0 Å². The Hall–Kier alpha value is -0.830. The summed E-state index contributed by atoms with van der Waals surface area (Å²) in [6.45, 7) is 3.79. The van der Waals surface area contributed by atoms with Gasteiger partial charge in [0.1, 0.15) is 12.4 Å². The van der Waals surface area contributed by atoms with E-state index < -0.39 is 0 Å². The molecule has 0 bridgehead atoms. The lowest BCUT2D eigenvalue weighted by atomic mass is 10.2. The molecule has 0 radical (unpaired) electrons. The van der Waals surface area contributed by atoms with E-state index in [0.717, 1.165) is 6.61 Å². The fourth-order valence-corrected chi connectivity index (χ4v) is 1.56. The smallest absolute Gasteiger partial charge is 0.245 e. The molecule has 0 saturated carbocycles. The maximum absolute atomic E-state index is 5.56. The topological polar surface area (TPSA) is 18.0 Å². The molecular formula is C12H23N2O+. The van der Waals surface area contributed by atoms with Gasteiger partial charge in [0.25, 0.3) is 0 Å². The van der Waals surface area contributed by atoms with Crippen molar-refractivity contribution in [2.24, 2.45) is 7.05 Å². The molecule has 86 valence electrons. The van der Waals surface area contributed by atoms with Crippen molar-refractivity contribution in [1.29, 1.82) is 0 Å². The molecule has 0 aliphatic heterocycles. The SMILES string of the molecule is CCCCCCCOC[n+]1ccn(C)c1. The molecular weight excluding hydrogens is 188 g/mol. The molecule has 0 fully saturated rings. The minimum Gasteiger partial charge on any atom is -0.342 e. The first-order valence-corrected chi connectivity index (χ1v) is 5.91. The second kappa shape index (κ2) is 7.46. The lowest BCUT2D eigenvalue weighted by molar-refractivity contribution is -0.732. The van der Waals surface area contributed by atoms with Crippen LogP contribution in [0.2, 0.25) is 0 Å². The highest BCUT2D eigenvalue weighted by atomic mass is 16.5. The van der Waals surface area contributed by atoms with Gasteiger partial charge in [-0.15, -0.1) is 0 Å². The van der Waals surface area contributed by atoms with E-state index in [1.807, 2.05) is 34.9 Å². The molecule has 0 atom stereocenters. The third kappa shape index (κ3) is 5.57. The first-order valence-electron chi connectivity index (χ1n) is 5.91. The van der Waals surface area contributed by atoms with Crippen LogP contribution in [-0.4, -0.2) is 11.2 Å². The molecule has 0 saturated heterocycles. The van der Waals surface area contributed by atoms with Crippen molar-refractivity contribution < 1.29 is 9.30 Å². The number of aromatic nitrogens is 2. The largest absolute Gasteiger partial charge is 0.342 e. The van der Waals surface area contributed by atoms with Gasteiger partial charge in [0, 0.05) is 0 Å². The summed E-state index contributed by atoms with van der Waals surface area (Å²) >= 11 is 0. The molecule has 3 heteroatoms. The van der Waals surface area contributed by atoms with Gasteiger partial charge in [-0.1, -0.05) is 32.6 Å². The van der Waals surface area contributed by atoms with Crippen LogP contribution in [0.15, 0.2) is 18.7 Å². The number of rotatable bonds is 8. The van der Waals surface area contributed by atoms with Crippen LogP contribution in [0.3, 0.4) is 0 Å². The lowest BCUT2D eigenvalue weighted by Crippen LogP contribution is -2.32. The normalized spacial score (nSPS) is 10.8. The van der Waals surface area contributed by atoms with Crippen molar-refractivity contribution in [2.45, 2.75) is 45.8 Å². The molecule has 0 aliphatic carbocycles. The number of hydrogen-bond donors (Lipinski definition) is 0. The summed E-state index contributed by atoms with van der Waals surface area (Å²) < 4.78 is 9.63. The van der Waals surface area contributed by atoms with Crippen LogP contribution in [0.1, 0.15) is 39.0 Å². The Morgan fingerprint density at radius 2 is 2.00 bits per heavy atom. The molecule has 0 spiro atoms. The monoisotopic (exact) mass is 211 g/mol. The number of aryl methyl sites for hydroxylation is 1. The summed E-state index contributed by atoms with van der Waals surface area (Å²) in [6.07, 6.45) is 12.6. The van der Waals surface area contributed by atoms with Gasteiger partial charge in [0.15, 0.2) is 6.73 Å². The standard InChI is InChI=1S/C12H23N2O/c1-3-4-5-6-7-10-15-12-14-9-8-13(2)11-14/h8-9,11H,3-7,10,12H2,1-2H3/q+1. The van der Waals surface area contributed by atoms with Crippen molar-refractivity contribution in [1.82, 2.24) is 4.57 Å². The summed E-state index contributed by atoms with van der Waals surface area (Å²) in [5.41, 5.74) is 0. The Kier molecular flexibility index (Phi) is 6.09. The minimum atomic E-state index is 0.675. The maximum Gasteiger partial charge on any atom is 0.245 e. The highest BCUT2D eigenvalue weighted by molar-refractivity contribution is 4.61. The van der Waals surface area contributed by atoms with E-state index in [1.54, 1.807) is 0 Å². The van der Waals surface area contributed by atoms with E-state index in [2.05, 4.69) is 6.92 Å². The van der Waals surface area contributed by atoms with E-state index in [-0.39, 0.29) is 0 Å². The average molecular weight is 211 g/mol. The Labute approximate surface area is 92.7 Å². The van der Waals surface area contributed by atoms with Crippen molar-refractivity contribution in [3.8, 4) is 0 Å². The van der Waals surface area contributed by atoms with Gasteiger partial charge in [-0.25, -0.2) is 9.13 Å². The van der Waals surface area contributed by atoms with Gasteiger partial charge in [0.05, 0.1) is 13.7 Å². The number of unbranched alkanes of at least 4 members (excludes halogenated alkanes) is 4. The maximum atomic E-state index is 5.56. The molecule has 0 aliphatic rings. The van der Waals surface area contributed by atoms with E-state index >= 15 is 0 Å².